The van der Waals surface area contributed by atoms with Gasteiger partial charge in [-0.1, -0.05) is 12.1 Å². The molecule has 2 bridgehead atoms. The Hall–Kier alpha value is -1.42. The quantitative estimate of drug-likeness (QED) is 0.778. The van der Waals surface area contributed by atoms with E-state index in [-0.39, 0.29) is 29.7 Å². The Morgan fingerprint density at radius 1 is 1.30 bits per heavy atom. The SMILES string of the molecule is COC(=O)[C@H]1[C@H]2CC[C@H](C[C@H]1c1ccc(F)cc1)N2C. The van der Waals surface area contributed by atoms with E-state index in [9.17, 15) is 9.18 Å². The zero-order chi connectivity index (χ0) is 14.3. The summed E-state index contributed by atoms with van der Waals surface area (Å²) in [6.07, 6.45) is 3.11. The van der Waals surface area contributed by atoms with Crippen molar-refractivity contribution in [2.45, 2.75) is 37.3 Å². The van der Waals surface area contributed by atoms with E-state index in [1.54, 1.807) is 12.1 Å². The summed E-state index contributed by atoms with van der Waals surface area (Å²) in [6, 6.07) is 7.34. The molecule has 20 heavy (non-hydrogen) atoms. The predicted octanol–water partition coefficient (Wildman–Crippen LogP) is 2.57. The van der Waals surface area contributed by atoms with Crippen molar-refractivity contribution in [3.05, 3.63) is 35.6 Å². The number of esters is 1. The molecule has 2 aliphatic rings. The van der Waals surface area contributed by atoms with Gasteiger partial charge >= 0.3 is 5.97 Å². The van der Waals surface area contributed by atoms with E-state index in [0.717, 1.165) is 24.8 Å². The van der Waals surface area contributed by atoms with Crippen molar-refractivity contribution >= 4 is 5.97 Å². The van der Waals surface area contributed by atoms with Gasteiger partial charge in [-0.25, -0.2) is 4.39 Å². The Balaban J connectivity index is 1.95. The molecule has 2 heterocycles. The van der Waals surface area contributed by atoms with Crippen LogP contribution < -0.4 is 0 Å². The molecule has 1 aromatic carbocycles. The molecule has 0 radical (unpaired) electrons. The largest absolute Gasteiger partial charge is 0.469 e. The van der Waals surface area contributed by atoms with Gasteiger partial charge in [0.2, 0.25) is 0 Å². The van der Waals surface area contributed by atoms with Crippen LogP contribution in [0.15, 0.2) is 24.3 Å². The van der Waals surface area contributed by atoms with Crippen molar-refractivity contribution in [3.63, 3.8) is 0 Å². The van der Waals surface area contributed by atoms with Crippen LogP contribution in [-0.2, 0) is 9.53 Å². The van der Waals surface area contributed by atoms with Crippen molar-refractivity contribution < 1.29 is 13.9 Å². The lowest BCUT2D eigenvalue weighted by molar-refractivity contribution is -0.150. The molecule has 108 valence electrons. The first kappa shape index (κ1) is 13.6. The summed E-state index contributed by atoms with van der Waals surface area (Å²) >= 11 is 0. The minimum Gasteiger partial charge on any atom is -0.469 e. The highest BCUT2D eigenvalue weighted by atomic mass is 19.1. The van der Waals surface area contributed by atoms with Gasteiger partial charge in [-0.3, -0.25) is 9.69 Å². The summed E-state index contributed by atoms with van der Waals surface area (Å²) in [5.74, 6) is -0.387. The lowest BCUT2D eigenvalue weighted by Crippen LogP contribution is -2.49. The molecule has 0 N–H and O–H groups in total. The summed E-state index contributed by atoms with van der Waals surface area (Å²) in [5, 5.41) is 0. The van der Waals surface area contributed by atoms with Crippen LogP contribution in [0.3, 0.4) is 0 Å². The molecule has 4 atom stereocenters. The third kappa shape index (κ3) is 2.12. The second-order valence-corrected chi connectivity index (χ2v) is 5.91. The van der Waals surface area contributed by atoms with Gasteiger partial charge in [-0.15, -0.1) is 0 Å². The number of halogens is 1. The van der Waals surface area contributed by atoms with E-state index in [2.05, 4.69) is 11.9 Å². The zero-order valence-corrected chi connectivity index (χ0v) is 11.9. The molecule has 3 nitrogen and oxygen atoms in total. The summed E-state index contributed by atoms with van der Waals surface area (Å²) in [6.45, 7) is 0. The highest BCUT2D eigenvalue weighted by Gasteiger charge is 2.49. The maximum absolute atomic E-state index is 13.1. The number of benzene rings is 1. The van der Waals surface area contributed by atoms with Gasteiger partial charge in [-0.05, 0) is 44.0 Å². The Labute approximate surface area is 118 Å². The summed E-state index contributed by atoms with van der Waals surface area (Å²) in [5.41, 5.74) is 1.05. The van der Waals surface area contributed by atoms with Crippen molar-refractivity contribution in [1.29, 1.82) is 0 Å². The molecule has 1 aromatic rings. The topological polar surface area (TPSA) is 29.5 Å². The highest BCUT2D eigenvalue weighted by Crippen LogP contribution is 2.46. The number of piperidine rings is 1. The number of nitrogens with zero attached hydrogens (tertiary/aromatic N) is 1. The average molecular weight is 277 g/mol. The van der Waals surface area contributed by atoms with E-state index in [4.69, 9.17) is 4.74 Å². The summed E-state index contributed by atoms with van der Waals surface area (Å²) in [7, 11) is 3.55. The van der Waals surface area contributed by atoms with Crippen molar-refractivity contribution in [1.82, 2.24) is 4.90 Å². The van der Waals surface area contributed by atoms with Crippen LogP contribution in [0.4, 0.5) is 4.39 Å². The van der Waals surface area contributed by atoms with E-state index < -0.39 is 0 Å². The fourth-order valence-corrected chi connectivity index (χ4v) is 3.98. The zero-order valence-electron chi connectivity index (χ0n) is 11.9. The second kappa shape index (κ2) is 5.17. The summed E-state index contributed by atoms with van der Waals surface area (Å²) < 4.78 is 18.1. The number of carbonyl (C=O) groups excluding carboxylic acids is 1. The lowest BCUT2D eigenvalue weighted by Gasteiger charge is -2.41. The fourth-order valence-electron chi connectivity index (χ4n) is 3.98. The summed E-state index contributed by atoms with van der Waals surface area (Å²) in [4.78, 5) is 14.5. The molecule has 0 unspecified atom stereocenters. The number of carbonyl (C=O) groups is 1. The second-order valence-electron chi connectivity index (χ2n) is 5.91. The number of hydrogen-bond donors (Lipinski definition) is 0. The monoisotopic (exact) mass is 277 g/mol. The maximum Gasteiger partial charge on any atom is 0.310 e. The smallest absolute Gasteiger partial charge is 0.310 e. The molecule has 2 saturated heterocycles. The average Bonchev–Trinajstić information content (AvgIpc) is 2.70. The number of rotatable bonds is 2. The Morgan fingerprint density at radius 3 is 2.65 bits per heavy atom. The van der Waals surface area contributed by atoms with Crippen molar-refractivity contribution in [2.24, 2.45) is 5.92 Å². The fraction of sp³-hybridized carbons (Fsp3) is 0.562. The first-order valence-electron chi connectivity index (χ1n) is 7.17. The third-order valence-corrected chi connectivity index (χ3v) is 5.04. The number of methoxy groups -OCH3 is 1. The number of ether oxygens (including phenoxy) is 1. The first-order chi connectivity index (χ1) is 9.61. The lowest BCUT2D eigenvalue weighted by atomic mass is 9.76. The van der Waals surface area contributed by atoms with Crippen LogP contribution in [0.25, 0.3) is 0 Å². The van der Waals surface area contributed by atoms with E-state index in [1.807, 2.05) is 0 Å². The molecular weight excluding hydrogens is 257 g/mol. The molecule has 0 aromatic heterocycles. The van der Waals surface area contributed by atoms with Gasteiger partial charge in [0, 0.05) is 18.0 Å². The molecule has 0 spiro atoms. The molecule has 2 fully saturated rings. The standard InChI is InChI=1S/C16H20FNO2/c1-18-12-7-8-14(18)15(16(19)20-2)13(9-12)10-3-5-11(17)6-4-10/h3-6,12-15H,7-9H2,1-2H3/t12-,13+,14-,15-/m1/s1. The van der Waals surface area contributed by atoms with E-state index in [1.165, 1.54) is 19.2 Å². The molecular formula is C16H20FNO2. The predicted molar refractivity (Wildman–Crippen MR) is 73.8 cm³/mol. The van der Waals surface area contributed by atoms with E-state index >= 15 is 0 Å². The Kier molecular flexibility index (Phi) is 3.50. The normalized spacial score (nSPS) is 33.1. The first-order valence-corrected chi connectivity index (χ1v) is 7.17. The molecule has 0 amide bonds. The highest BCUT2D eigenvalue weighted by molar-refractivity contribution is 5.75. The van der Waals surface area contributed by atoms with E-state index in [0.29, 0.717) is 6.04 Å². The van der Waals surface area contributed by atoms with Crippen molar-refractivity contribution in [2.75, 3.05) is 14.2 Å². The third-order valence-electron chi connectivity index (χ3n) is 5.04. The Bertz CT molecular complexity index is 502. The van der Waals surface area contributed by atoms with Crippen LogP contribution >= 0.6 is 0 Å². The van der Waals surface area contributed by atoms with Gasteiger partial charge in [0.05, 0.1) is 13.0 Å². The van der Waals surface area contributed by atoms with Crippen LogP contribution in [0, 0.1) is 11.7 Å². The van der Waals surface area contributed by atoms with Crippen molar-refractivity contribution in [3.8, 4) is 0 Å². The van der Waals surface area contributed by atoms with Gasteiger partial charge in [-0.2, -0.15) is 0 Å². The van der Waals surface area contributed by atoms with Gasteiger partial charge in [0.15, 0.2) is 0 Å². The van der Waals surface area contributed by atoms with Crippen LogP contribution in [0.1, 0.15) is 30.7 Å². The van der Waals surface area contributed by atoms with Gasteiger partial charge < -0.3 is 4.74 Å². The van der Waals surface area contributed by atoms with Crippen LogP contribution in [0.5, 0.6) is 0 Å². The molecule has 0 aliphatic carbocycles. The van der Waals surface area contributed by atoms with Gasteiger partial charge in [0.1, 0.15) is 5.82 Å². The van der Waals surface area contributed by atoms with Crippen LogP contribution in [-0.4, -0.2) is 37.1 Å². The number of fused-ring (bicyclic) bond motifs is 2. The maximum atomic E-state index is 13.1. The molecule has 4 heteroatoms. The molecule has 0 saturated carbocycles. The van der Waals surface area contributed by atoms with Crippen LogP contribution in [0.2, 0.25) is 0 Å². The Morgan fingerprint density at radius 2 is 2.00 bits per heavy atom. The van der Waals surface area contributed by atoms with Gasteiger partial charge in [0.25, 0.3) is 0 Å². The minimum absolute atomic E-state index is 0.136. The minimum atomic E-state index is -0.237. The molecule has 2 aliphatic heterocycles. The molecule has 3 rings (SSSR count). The number of hydrogen-bond acceptors (Lipinski definition) is 3.